The van der Waals surface area contributed by atoms with Crippen molar-refractivity contribution in [2.75, 3.05) is 7.11 Å². The normalized spacial score (nSPS) is 17.2. The van der Waals surface area contributed by atoms with Gasteiger partial charge < -0.3 is 24.4 Å². The largest absolute Gasteiger partial charge is 0.493 e. The van der Waals surface area contributed by atoms with Crippen molar-refractivity contribution in [1.82, 2.24) is 10.2 Å². The van der Waals surface area contributed by atoms with Gasteiger partial charge in [-0.2, -0.15) is 0 Å². The van der Waals surface area contributed by atoms with Crippen LogP contribution in [0, 0.1) is 0 Å². The molecule has 0 unspecified atom stereocenters. The lowest BCUT2D eigenvalue weighted by molar-refractivity contribution is -0.143. The highest BCUT2D eigenvalue weighted by Crippen LogP contribution is 2.46. The molecule has 212 valence electrons. The maximum atomic E-state index is 13.4. The summed E-state index contributed by atoms with van der Waals surface area (Å²) in [6.45, 7) is 9.85. The number of nitrogens with zero attached hydrogens (tertiary/aromatic N) is 2. The Morgan fingerprint density at radius 2 is 1.85 bits per heavy atom. The predicted octanol–water partition coefficient (Wildman–Crippen LogP) is 6.11. The Kier molecular flexibility index (Phi) is 9.58. The van der Waals surface area contributed by atoms with Crippen molar-refractivity contribution in [2.45, 2.75) is 72.3 Å². The summed E-state index contributed by atoms with van der Waals surface area (Å²) < 4.78 is 17.5. The topological polar surface area (TPSA) is 89.5 Å². The monoisotopic (exact) mass is 563 g/mol. The molecule has 2 heterocycles. The van der Waals surface area contributed by atoms with Crippen LogP contribution in [0.1, 0.15) is 64.6 Å². The summed E-state index contributed by atoms with van der Waals surface area (Å²) in [4.78, 5) is 33.0. The summed E-state index contributed by atoms with van der Waals surface area (Å²) in [6, 6.07) is 15.1. The summed E-state index contributed by atoms with van der Waals surface area (Å²) in [6.07, 6.45) is 0.698. The van der Waals surface area contributed by atoms with Crippen molar-refractivity contribution in [3.63, 3.8) is 0 Å². The van der Waals surface area contributed by atoms with E-state index in [4.69, 9.17) is 19.2 Å². The predicted molar refractivity (Wildman–Crippen MR) is 158 cm³/mol. The average Bonchev–Trinajstić information content (AvgIpc) is 3.32. The molecule has 0 radical (unpaired) electrons. The number of thioether (sulfide) groups is 1. The second kappa shape index (κ2) is 13.1. The molecule has 0 saturated heterocycles. The molecule has 0 saturated carbocycles. The molecule has 8 nitrogen and oxygen atoms in total. The second-order valence-electron chi connectivity index (χ2n) is 10.1. The molecule has 4 rings (SSSR count). The molecule has 2 aliphatic heterocycles. The van der Waals surface area contributed by atoms with Gasteiger partial charge in [-0.15, -0.1) is 0 Å². The highest BCUT2D eigenvalue weighted by molar-refractivity contribution is 8.16. The number of hydrogen-bond acceptors (Lipinski definition) is 8. The molecule has 2 aromatic carbocycles. The molecule has 1 amide bonds. The minimum Gasteiger partial charge on any atom is -0.493 e. The van der Waals surface area contributed by atoms with Gasteiger partial charge in [0, 0.05) is 11.7 Å². The Bertz CT molecular complexity index is 1340. The van der Waals surface area contributed by atoms with Crippen LogP contribution in [0.2, 0.25) is 0 Å². The van der Waals surface area contributed by atoms with Crippen LogP contribution in [0.25, 0.3) is 0 Å². The van der Waals surface area contributed by atoms with E-state index in [2.05, 4.69) is 5.32 Å². The number of hydrogen-bond donors (Lipinski definition) is 1. The third-order valence-electron chi connectivity index (χ3n) is 6.67. The number of carbonyl (C=O) groups excluding carboxylic acids is 2. The molecular weight excluding hydrogens is 526 g/mol. The van der Waals surface area contributed by atoms with Crippen molar-refractivity contribution < 1.29 is 23.8 Å². The van der Waals surface area contributed by atoms with Crippen LogP contribution in [0.5, 0.6) is 11.5 Å². The first-order chi connectivity index (χ1) is 19.2. The van der Waals surface area contributed by atoms with Gasteiger partial charge in [0.2, 0.25) is 5.91 Å². The molecular formula is C31H37N3O5S. The number of esters is 1. The van der Waals surface area contributed by atoms with Crippen molar-refractivity contribution in [3.8, 4) is 11.5 Å². The fraction of sp³-hybridized carbons (Fsp3) is 0.387. The number of rotatable bonds is 11. The van der Waals surface area contributed by atoms with Gasteiger partial charge in [0.15, 0.2) is 16.7 Å². The van der Waals surface area contributed by atoms with E-state index >= 15 is 0 Å². The molecule has 0 bridgehead atoms. The van der Waals surface area contributed by atoms with Crippen LogP contribution in [0.15, 0.2) is 75.9 Å². The Morgan fingerprint density at radius 3 is 2.52 bits per heavy atom. The molecule has 40 heavy (non-hydrogen) atoms. The van der Waals surface area contributed by atoms with Crippen molar-refractivity contribution in [1.29, 1.82) is 0 Å². The van der Waals surface area contributed by atoms with Crippen molar-refractivity contribution >= 4 is 28.8 Å². The van der Waals surface area contributed by atoms with E-state index in [-0.39, 0.29) is 24.5 Å². The van der Waals surface area contributed by atoms with E-state index < -0.39 is 12.0 Å². The number of amidine groups is 1. The lowest BCUT2D eigenvalue weighted by Gasteiger charge is -2.36. The van der Waals surface area contributed by atoms with E-state index in [1.807, 2.05) is 93.5 Å². The van der Waals surface area contributed by atoms with Gasteiger partial charge in [0.25, 0.3) is 0 Å². The molecule has 2 aromatic rings. The number of fused-ring (bicyclic) bond motifs is 1. The van der Waals surface area contributed by atoms with Crippen LogP contribution in [-0.2, 0) is 20.9 Å². The van der Waals surface area contributed by atoms with Gasteiger partial charge in [-0.25, -0.2) is 9.79 Å². The minimum atomic E-state index is -0.562. The third-order valence-corrected chi connectivity index (χ3v) is 7.55. The maximum absolute atomic E-state index is 13.4. The summed E-state index contributed by atoms with van der Waals surface area (Å²) in [5, 5.41) is 5.67. The number of nitrogens with one attached hydrogen (secondary N) is 1. The zero-order valence-corrected chi connectivity index (χ0v) is 24.7. The number of allylic oxidation sites excluding steroid dienone is 1. The Labute approximate surface area is 240 Å². The van der Waals surface area contributed by atoms with Gasteiger partial charge in [-0.05, 0) is 62.8 Å². The van der Waals surface area contributed by atoms with Crippen LogP contribution in [-0.4, -0.2) is 41.2 Å². The molecule has 0 fully saturated rings. The maximum Gasteiger partial charge on any atom is 0.338 e. The first-order valence-corrected chi connectivity index (χ1v) is 14.4. The summed E-state index contributed by atoms with van der Waals surface area (Å²) in [5.74, 6) is 0.606. The van der Waals surface area contributed by atoms with E-state index in [0.717, 1.165) is 23.2 Å². The van der Waals surface area contributed by atoms with Crippen LogP contribution < -0.4 is 14.8 Å². The summed E-state index contributed by atoms with van der Waals surface area (Å²) >= 11 is 1.44. The quantitative estimate of drug-likeness (QED) is 0.330. The highest BCUT2D eigenvalue weighted by Gasteiger charge is 2.41. The van der Waals surface area contributed by atoms with E-state index in [9.17, 15) is 9.59 Å². The summed E-state index contributed by atoms with van der Waals surface area (Å²) in [5.41, 5.74) is 3.60. The molecule has 0 spiro atoms. The highest BCUT2D eigenvalue weighted by atomic mass is 32.2. The van der Waals surface area contributed by atoms with Crippen LogP contribution >= 0.6 is 11.8 Å². The van der Waals surface area contributed by atoms with E-state index in [0.29, 0.717) is 34.5 Å². The Hall–Kier alpha value is -3.72. The standard InChI is InChI=1S/C31H37N3O5S/c1-7-20(4)32-27(35)16-24-18-40-31-33-21(5)28(30(36)39-19(2)3)29(34(24)31)23-13-14-25(26(15-23)37-6)38-17-22-11-9-8-10-12-22/h8-15,18-20,29H,7,16-17H2,1-6H3,(H,32,35)/t20-,29-/m1/s1. The number of benzene rings is 2. The van der Waals surface area contributed by atoms with Gasteiger partial charge in [-0.3, -0.25) is 4.79 Å². The van der Waals surface area contributed by atoms with Crippen molar-refractivity contribution in [2.24, 2.45) is 4.99 Å². The number of aliphatic imine (C=N–C) groups is 1. The summed E-state index contributed by atoms with van der Waals surface area (Å²) in [7, 11) is 1.59. The lowest BCUT2D eigenvalue weighted by Crippen LogP contribution is -2.39. The Morgan fingerprint density at radius 1 is 1.10 bits per heavy atom. The van der Waals surface area contributed by atoms with Crippen molar-refractivity contribution in [3.05, 3.63) is 82.0 Å². The SMILES string of the molecule is CC[C@@H](C)NC(=O)CC1=CSC2=NC(C)=C(C(=O)OC(C)C)[C@@H](c3ccc(OCc4ccccc4)c(OC)c3)N12. The van der Waals surface area contributed by atoms with Crippen LogP contribution in [0.4, 0.5) is 0 Å². The number of amides is 1. The zero-order valence-electron chi connectivity index (χ0n) is 23.9. The minimum absolute atomic E-state index is 0.0684. The number of ether oxygens (including phenoxy) is 3. The third kappa shape index (κ3) is 6.70. The van der Waals surface area contributed by atoms with Gasteiger partial charge in [0.05, 0.1) is 36.9 Å². The second-order valence-corrected chi connectivity index (χ2v) is 10.9. The van der Waals surface area contributed by atoms with Gasteiger partial charge in [0.1, 0.15) is 6.61 Å². The smallest absolute Gasteiger partial charge is 0.338 e. The number of methoxy groups -OCH3 is 1. The fourth-order valence-electron chi connectivity index (χ4n) is 4.52. The molecule has 0 aliphatic carbocycles. The molecule has 1 N–H and O–H groups in total. The van der Waals surface area contributed by atoms with Gasteiger partial charge >= 0.3 is 5.97 Å². The van der Waals surface area contributed by atoms with E-state index in [1.165, 1.54) is 11.8 Å². The molecule has 2 atom stereocenters. The first-order valence-electron chi connectivity index (χ1n) is 13.5. The fourth-order valence-corrected chi connectivity index (χ4v) is 5.49. The Balaban J connectivity index is 1.70. The first kappa shape index (κ1) is 29.3. The lowest BCUT2D eigenvalue weighted by atomic mass is 9.93. The molecule has 2 aliphatic rings. The van der Waals surface area contributed by atoms with Crippen LogP contribution in [0.3, 0.4) is 0 Å². The average molecular weight is 564 g/mol. The molecule has 0 aromatic heterocycles. The van der Waals surface area contributed by atoms with Gasteiger partial charge in [-0.1, -0.05) is 55.1 Å². The van der Waals surface area contributed by atoms with E-state index in [1.54, 1.807) is 7.11 Å². The zero-order chi connectivity index (χ0) is 28.8. The number of carbonyl (C=O) groups is 2. The molecule has 9 heteroatoms.